The zero-order valence-electron chi connectivity index (χ0n) is 16.3. The predicted molar refractivity (Wildman–Crippen MR) is 121 cm³/mol. The molecule has 1 aromatic heterocycles. The number of fused-ring (bicyclic) bond motifs is 1. The number of hydrogen-bond donors (Lipinski definition) is 2. The summed E-state index contributed by atoms with van der Waals surface area (Å²) >= 11 is 10.7. The highest BCUT2D eigenvalue weighted by Gasteiger charge is 2.47. The molecule has 2 N–H and O–H groups in total. The van der Waals surface area contributed by atoms with Crippen LogP contribution in [-0.2, 0) is 20.8 Å². The maximum absolute atomic E-state index is 13.1. The van der Waals surface area contributed by atoms with Crippen LogP contribution in [0.25, 0.3) is 11.0 Å². The Kier molecular flexibility index (Phi) is 6.29. The van der Waals surface area contributed by atoms with Gasteiger partial charge < -0.3 is 19.8 Å². The van der Waals surface area contributed by atoms with Gasteiger partial charge in [0.2, 0.25) is 0 Å². The van der Waals surface area contributed by atoms with Gasteiger partial charge in [0.25, 0.3) is 0 Å². The number of nitrogens with one attached hydrogen (secondary N) is 2. The molecule has 2 saturated heterocycles. The van der Waals surface area contributed by atoms with E-state index < -0.39 is 23.9 Å². The number of rotatable bonds is 8. The number of ketones is 2. The van der Waals surface area contributed by atoms with Gasteiger partial charge in [-0.2, -0.15) is 0 Å². The van der Waals surface area contributed by atoms with Crippen molar-refractivity contribution in [2.24, 2.45) is 11.8 Å². The van der Waals surface area contributed by atoms with Gasteiger partial charge >= 0.3 is 0 Å². The summed E-state index contributed by atoms with van der Waals surface area (Å²) in [5.41, 5.74) is 0.830. The summed E-state index contributed by atoms with van der Waals surface area (Å²) in [5, 5.41) is 7.05. The molecule has 2 fully saturated rings. The van der Waals surface area contributed by atoms with Crippen molar-refractivity contribution in [3.05, 3.63) is 36.1 Å². The average molecular weight is 443 g/mol. The molecule has 4 atom stereocenters. The Morgan fingerprint density at radius 1 is 1.10 bits per heavy atom. The van der Waals surface area contributed by atoms with E-state index in [4.69, 9.17) is 28.9 Å². The molecule has 4 rings (SSSR count). The highest BCUT2D eigenvalue weighted by Crippen LogP contribution is 2.26. The number of thiocarbonyl (C=S) groups is 2. The normalized spacial score (nSPS) is 26.4. The van der Waals surface area contributed by atoms with Crippen LogP contribution in [0, 0.1) is 11.8 Å². The van der Waals surface area contributed by atoms with Crippen LogP contribution in [0.2, 0.25) is 0 Å². The maximum atomic E-state index is 13.1. The van der Waals surface area contributed by atoms with Gasteiger partial charge in [0.05, 0.1) is 23.9 Å². The van der Waals surface area contributed by atoms with Crippen molar-refractivity contribution in [2.75, 3.05) is 13.1 Å². The molecule has 0 bridgehead atoms. The van der Waals surface area contributed by atoms with Crippen LogP contribution in [0.5, 0.6) is 0 Å². The number of para-hydroxylation sites is 1. The minimum atomic E-state index is -0.721. The summed E-state index contributed by atoms with van der Waals surface area (Å²) in [6.07, 6.45) is 2.26. The highest BCUT2D eigenvalue weighted by atomic mass is 32.1. The molecule has 0 amide bonds. The fraction of sp³-hybridized carbons (Fsp3) is 0.409. The third kappa shape index (κ3) is 4.05. The molecule has 0 spiro atoms. The summed E-state index contributed by atoms with van der Waals surface area (Å²) in [6, 6.07) is 8.41. The number of benzene rings is 1. The zero-order valence-corrected chi connectivity index (χ0v) is 17.9. The third-order valence-electron chi connectivity index (χ3n) is 5.82. The van der Waals surface area contributed by atoms with E-state index in [-0.39, 0.29) is 11.6 Å². The van der Waals surface area contributed by atoms with Crippen LogP contribution in [0.1, 0.15) is 18.6 Å². The Morgan fingerprint density at radius 3 is 2.60 bits per heavy atom. The molecular formula is C22H22N2O4S2. The second-order valence-electron chi connectivity index (χ2n) is 7.76. The molecule has 2 aromatic rings. The molecule has 2 unspecified atom stereocenters. The van der Waals surface area contributed by atoms with Crippen LogP contribution in [0.3, 0.4) is 0 Å². The first kappa shape index (κ1) is 21.1. The molecule has 156 valence electrons. The minimum absolute atomic E-state index is 0.0565. The van der Waals surface area contributed by atoms with Gasteiger partial charge in [-0.25, -0.2) is 0 Å². The second-order valence-corrected chi connectivity index (χ2v) is 8.81. The smallest absolute Gasteiger partial charge is 0.160 e. The standard InChI is InChI=1S/C22H22N2O4S2/c25-11-14-19(17(29)9-23-14)22(27)21-20(18(30)10-24-21)15(26)6-3-5-13-8-12-4-1-2-7-16(12)28-13/h1-2,4,7-8,11,14,19-21,23-24H,3,5-6,9-10H2/t14-,19?,20?,21+/m1/s1. The Morgan fingerprint density at radius 2 is 1.83 bits per heavy atom. The van der Waals surface area contributed by atoms with Gasteiger partial charge in [0.1, 0.15) is 23.4 Å². The van der Waals surface area contributed by atoms with Gasteiger partial charge in [-0.05, 0) is 18.6 Å². The van der Waals surface area contributed by atoms with Gasteiger partial charge in [-0.15, -0.1) is 0 Å². The van der Waals surface area contributed by atoms with Crippen molar-refractivity contribution < 1.29 is 18.8 Å². The number of carbonyl (C=O) groups is 3. The molecule has 8 heteroatoms. The second kappa shape index (κ2) is 8.93. The summed E-state index contributed by atoms with van der Waals surface area (Å²) in [5.74, 6) is -0.794. The average Bonchev–Trinajstić information content (AvgIpc) is 3.43. The van der Waals surface area contributed by atoms with Crippen molar-refractivity contribution in [3.63, 3.8) is 0 Å². The molecule has 2 aliphatic rings. The molecule has 0 aliphatic carbocycles. The van der Waals surface area contributed by atoms with Crippen molar-refractivity contribution in [1.82, 2.24) is 10.6 Å². The SMILES string of the molecule is O=C[C@H]1NCC(=S)C1C(=O)[C@H]1NCC(=S)C1C(=O)CCCc1cc2ccccc2o1. The molecule has 6 nitrogen and oxygen atoms in total. The van der Waals surface area contributed by atoms with Crippen molar-refractivity contribution in [3.8, 4) is 0 Å². The molecular weight excluding hydrogens is 420 g/mol. The fourth-order valence-electron chi connectivity index (χ4n) is 4.31. The van der Waals surface area contributed by atoms with E-state index in [1.807, 2.05) is 30.3 Å². The summed E-state index contributed by atoms with van der Waals surface area (Å²) in [7, 11) is 0. The van der Waals surface area contributed by atoms with Crippen LogP contribution < -0.4 is 10.6 Å². The van der Waals surface area contributed by atoms with Crippen LogP contribution in [-0.4, -0.2) is 52.8 Å². The Hall–Kier alpha value is -2.13. The molecule has 0 saturated carbocycles. The van der Waals surface area contributed by atoms with E-state index in [2.05, 4.69) is 10.6 Å². The number of hydrogen-bond acceptors (Lipinski definition) is 8. The van der Waals surface area contributed by atoms with Crippen molar-refractivity contribution in [2.45, 2.75) is 31.3 Å². The zero-order chi connectivity index (χ0) is 21.3. The quantitative estimate of drug-likeness (QED) is 0.474. The Bertz CT molecular complexity index is 998. The Labute approximate surface area is 184 Å². The molecule has 1 aromatic carbocycles. The monoisotopic (exact) mass is 442 g/mol. The number of furan rings is 1. The third-order valence-corrected chi connectivity index (χ3v) is 6.62. The van der Waals surface area contributed by atoms with E-state index in [1.54, 1.807) is 0 Å². The largest absolute Gasteiger partial charge is 0.461 e. The molecule has 30 heavy (non-hydrogen) atoms. The minimum Gasteiger partial charge on any atom is -0.461 e. The van der Waals surface area contributed by atoms with Gasteiger partial charge in [0, 0.05) is 41.0 Å². The first-order chi connectivity index (χ1) is 14.5. The number of Topliss-reactive ketones (excluding diaryl/α,β-unsaturated/α-hetero) is 2. The maximum Gasteiger partial charge on any atom is 0.160 e. The van der Waals surface area contributed by atoms with Crippen LogP contribution >= 0.6 is 24.4 Å². The lowest BCUT2D eigenvalue weighted by atomic mass is 9.83. The number of carbonyl (C=O) groups excluding carboxylic acids is 3. The van der Waals surface area contributed by atoms with Crippen molar-refractivity contribution in [1.29, 1.82) is 0 Å². The lowest BCUT2D eigenvalue weighted by Gasteiger charge is -2.22. The topological polar surface area (TPSA) is 88.4 Å². The predicted octanol–water partition coefficient (Wildman–Crippen LogP) is 2.01. The van der Waals surface area contributed by atoms with Crippen LogP contribution in [0.15, 0.2) is 34.7 Å². The van der Waals surface area contributed by atoms with E-state index in [9.17, 15) is 14.4 Å². The van der Waals surface area contributed by atoms with Crippen LogP contribution in [0.4, 0.5) is 0 Å². The number of aryl methyl sites for hydroxylation is 1. The van der Waals surface area contributed by atoms with Crippen molar-refractivity contribution >= 4 is 63.0 Å². The lowest BCUT2D eigenvalue weighted by Crippen LogP contribution is -2.47. The van der Waals surface area contributed by atoms with Gasteiger partial charge in [0.15, 0.2) is 5.78 Å². The lowest BCUT2D eigenvalue weighted by molar-refractivity contribution is -0.129. The molecule has 2 aliphatic heterocycles. The van der Waals surface area contributed by atoms with E-state index in [0.29, 0.717) is 48.4 Å². The fourth-order valence-corrected chi connectivity index (χ4v) is 5.01. The first-order valence-corrected chi connectivity index (χ1v) is 10.8. The Balaban J connectivity index is 1.40. The molecule has 3 heterocycles. The van der Waals surface area contributed by atoms with E-state index in [1.165, 1.54) is 0 Å². The highest BCUT2D eigenvalue weighted by molar-refractivity contribution is 7.80. The summed E-state index contributed by atoms with van der Waals surface area (Å²) in [4.78, 5) is 38.4. The van der Waals surface area contributed by atoms with E-state index in [0.717, 1.165) is 16.7 Å². The summed E-state index contributed by atoms with van der Waals surface area (Å²) < 4.78 is 5.80. The summed E-state index contributed by atoms with van der Waals surface area (Å²) in [6.45, 7) is 0.687. The van der Waals surface area contributed by atoms with E-state index >= 15 is 0 Å². The van der Waals surface area contributed by atoms with Gasteiger partial charge in [-0.3, -0.25) is 9.59 Å². The first-order valence-electron chi connectivity index (χ1n) is 10.0. The molecule has 0 radical (unpaired) electrons. The van der Waals surface area contributed by atoms with Gasteiger partial charge in [-0.1, -0.05) is 42.6 Å². The number of aldehydes is 1.